The molecule has 4 rings (SSSR count). The number of urea groups is 1. The third-order valence-electron chi connectivity index (χ3n) is 3.61. The molecule has 0 unspecified atom stereocenters. The minimum atomic E-state index is -0.182. The number of thiazole rings is 1. The molecule has 22 heavy (non-hydrogen) atoms. The van der Waals surface area contributed by atoms with Crippen molar-refractivity contribution < 1.29 is 4.79 Å². The molecule has 1 aliphatic rings. The smallest absolute Gasteiger partial charge is 0.324 e. The second kappa shape index (κ2) is 4.68. The molecular formula is C14H12N6OS. The van der Waals surface area contributed by atoms with Crippen molar-refractivity contribution >= 4 is 43.7 Å². The van der Waals surface area contributed by atoms with Crippen molar-refractivity contribution in [2.75, 3.05) is 11.4 Å². The van der Waals surface area contributed by atoms with Crippen LogP contribution >= 0.6 is 11.3 Å². The Morgan fingerprint density at radius 2 is 2.32 bits per heavy atom. The van der Waals surface area contributed by atoms with Crippen molar-refractivity contribution in [1.29, 1.82) is 0 Å². The molecular weight excluding hydrogens is 300 g/mol. The second-order valence-corrected chi connectivity index (χ2v) is 5.96. The van der Waals surface area contributed by atoms with E-state index in [1.165, 1.54) is 11.3 Å². The van der Waals surface area contributed by atoms with Crippen LogP contribution in [0.25, 0.3) is 21.3 Å². The number of aromatic nitrogens is 4. The van der Waals surface area contributed by atoms with E-state index in [0.717, 1.165) is 21.3 Å². The molecule has 1 aliphatic heterocycles. The van der Waals surface area contributed by atoms with Gasteiger partial charge in [-0.2, -0.15) is 0 Å². The number of carbonyl (C=O) groups excluding carboxylic acids is 1. The van der Waals surface area contributed by atoms with E-state index in [2.05, 4.69) is 32.5 Å². The van der Waals surface area contributed by atoms with E-state index in [1.807, 2.05) is 19.2 Å². The lowest BCUT2D eigenvalue weighted by molar-refractivity contribution is 0.252. The first-order valence-corrected chi connectivity index (χ1v) is 7.59. The predicted molar refractivity (Wildman–Crippen MR) is 84.8 cm³/mol. The molecule has 0 aliphatic carbocycles. The van der Waals surface area contributed by atoms with Gasteiger partial charge in [0.1, 0.15) is 22.6 Å². The van der Waals surface area contributed by atoms with Crippen LogP contribution in [0, 0.1) is 11.8 Å². The number of hydrogen-bond donors (Lipinski definition) is 1. The van der Waals surface area contributed by atoms with Gasteiger partial charge in [0.05, 0.1) is 11.2 Å². The fraction of sp³-hybridized carbons (Fsp3) is 0.286. The zero-order valence-corrected chi connectivity index (χ0v) is 12.8. The summed E-state index contributed by atoms with van der Waals surface area (Å²) >= 11 is 1.47. The normalized spacial score (nSPS) is 17.8. The number of amides is 2. The minimum Gasteiger partial charge on any atom is -0.334 e. The molecule has 7 nitrogen and oxygen atoms in total. The molecule has 8 heteroatoms. The molecule has 110 valence electrons. The third kappa shape index (κ3) is 1.76. The summed E-state index contributed by atoms with van der Waals surface area (Å²) in [5, 5.41) is 11.6. The summed E-state index contributed by atoms with van der Waals surface area (Å²) in [4.78, 5) is 18.4. The Bertz CT molecular complexity index is 962. The summed E-state index contributed by atoms with van der Waals surface area (Å²) in [5.41, 5.74) is 2.48. The highest BCUT2D eigenvalue weighted by Crippen LogP contribution is 2.34. The van der Waals surface area contributed by atoms with Crippen LogP contribution in [0.1, 0.15) is 6.92 Å². The van der Waals surface area contributed by atoms with E-state index in [-0.39, 0.29) is 12.1 Å². The number of anilines is 1. The Labute approximate surface area is 129 Å². The molecule has 2 amide bonds. The number of nitrogens with zero attached hydrogens (tertiary/aromatic N) is 5. The minimum absolute atomic E-state index is 0.161. The van der Waals surface area contributed by atoms with Gasteiger partial charge in [-0.15, -0.1) is 11.0 Å². The maximum absolute atomic E-state index is 12.1. The average molecular weight is 312 g/mol. The van der Waals surface area contributed by atoms with Crippen molar-refractivity contribution in [2.24, 2.45) is 7.05 Å². The number of rotatable bonds is 1. The van der Waals surface area contributed by atoms with E-state index in [0.29, 0.717) is 11.7 Å². The van der Waals surface area contributed by atoms with Crippen molar-refractivity contribution in [1.82, 2.24) is 25.3 Å². The van der Waals surface area contributed by atoms with Crippen molar-refractivity contribution in [3.63, 3.8) is 0 Å². The molecule has 0 spiro atoms. The Balaban J connectivity index is 1.91. The summed E-state index contributed by atoms with van der Waals surface area (Å²) in [7, 11) is 1.84. The highest BCUT2D eigenvalue weighted by atomic mass is 32.1. The van der Waals surface area contributed by atoms with Crippen LogP contribution in [0.5, 0.6) is 0 Å². The highest BCUT2D eigenvalue weighted by molar-refractivity contribution is 7.22. The van der Waals surface area contributed by atoms with Gasteiger partial charge in [-0.1, -0.05) is 22.5 Å². The van der Waals surface area contributed by atoms with E-state index >= 15 is 0 Å². The number of nitrogens with one attached hydrogen (secondary N) is 1. The Morgan fingerprint density at radius 1 is 1.45 bits per heavy atom. The number of hydrogen-bond acceptors (Lipinski definition) is 5. The van der Waals surface area contributed by atoms with E-state index in [1.54, 1.807) is 16.5 Å². The number of carbonyl (C=O) groups is 1. The van der Waals surface area contributed by atoms with Crippen LogP contribution in [0.3, 0.4) is 0 Å². The third-order valence-corrected chi connectivity index (χ3v) is 4.63. The van der Waals surface area contributed by atoms with Crippen LogP contribution < -0.4 is 10.2 Å². The Hall–Kier alpha value is -2.66. The molecule has 1 aromatic carbocycles. The Kier molecular flexibility index (Phi) is 2.77. The van der Waals surface area contributed by atoms with E-state index < -0.39 is 0 Å². The number of aryl methyl sites for hydroxylation is 1. The van der Waals surface area contributed by atoms with Gasteiger partial charge in [-0.3, -0.25) is 4.90 Å². The number of fused-ring (bicyclic) bond motifs is 3. The highest BCUT2D eigenvalue weighted by Gasteiger charge is 2.33. The SMILES string of the molecule is CC#C[C@@H]1CNC(=O)N1c1nc2c(ccc3nnn(C)c32)s1. The first-order valence-electron chi connectivity index (χ1n) is 6.77. The predicted octanol–water partition coefficient (Wildman–Crippen LogP) is 1.50. The molecule has 1 fully saturated rings. The summed E-state index contributed by atoms with van der Waals surface area (Å²) < 4.78 is 2.70. The molecule has 0 radical (unpaired) electrons. The average Bonchev–Trinajstić information content (AvgIpc) is 3.16. The van der Waals surface area contributed by atoms with Crippen molar-refractivity contribution in [3.8, 4) is 11.8 Å². The number of benzene rings is 1. The molecule has 1 atom stereocenters. The first kappa shape index (κ1) is 13.0. The molecule has 2 aromatic heterocycles. The molecule has 1 N–H and O–H groups in total. The fourth-order valence-corrected chi connectivity index (χ4v) is 3.64. The monoisotopic (exact) mass is 312 g/mol. The summed E-state index contributed by atoms with van der Waals surface area (Å²) in [6, 6.07) is 3.53. The van der Waals surface area contributed by atoms with Gasteiger partial charge >= 0.3 is 6.03 Å². The Morgan fingerprint density at radius 3 is 3.14 bits per heavy atom. The van der Waals surface area contributed by atoms with Gasteiger partial charge in [0.15, 0.2) is 5.13 Å². The lowest BCUT2D eigenvalue weighted by atomic mass is 10.3. The van der Waals surface area contributed by atoms with Crippen molar-refractivity contribution in [3.05, 3.63) is 12.1 Å². The zero-order chi connectivity index (χ0) is 15.3. The van der Waals surface area contributed by atoms with Gasteiger partial charge < -0.3 is 5.32 Å². The topological polar surface area (TPSA) is 75.9 Å². The molecule has 3 aromatic rings. The van der Waals surface area contributed by atoms with Gasteiger partial charge in [0.25, 0.3) is 0 Å². The van der Waals surface area contributed by atoms with E-state index in [9.17, 15) is 4.79 Å². The van der Waals surface area contributed by atoms with Crippen LogP contribution in [0.15, 0.2) is 12.1 Å². The molecule has 0 saturated carbocycles. The zero-order valence-electron chi connectivity index (χ0n) is 12.0. The fourth-order valence-electron chi connectivity index (χ4n) is 2.62. The quantitative estimate of drug-likeness (QED) is 0.691. The van der Waals surface area contributed by atoms with Gasteiger partial charge in [0.2, 0.25) is 0 Å². The maximum Gasteiger partial charge on any atom is 0.324 e. The van der Waals surface area contributed by atoms with Crippen LogP contribution in [0.2, 0.25) is 0 Å². The standard InChI is InChI=1S/C14H12N6OS/c1-3-4-8-7-15-13(21)20(8)14-16-11-10(22-14)6-5-9-12(11)19(2)18-17-9/h5-6,8H,7H2,1-2H3,(H,15,21)/t8-/m1/s1. The largest absolute Gasteiger partial charge is 0.334 e. The molecule has 0 bridgehead atoms. The molecule has 1 saturated heterocycles. The maximum atomic E-state index is 12.1. The first-order chi connectivity index (χ1) is 10.7. The van der Waals surface area contributed by atoms with Crippen LogP contribution in [-0.2, 0) is 7.05 Å². The van der Waals surface area contributed by atoms with Crippen LogP contribution in [-0.4, -0.2) is 38.6 Å². The van der Waals surface area contributed by atoms with Gasteiger partial charge in [-0.25, -0.2) is 14.5 Å². The lowest BCUT2D eigenvalue weighted by Crippen LogP contribution is -2.33. The summed E-state index contributed by atoms with van der Waals surface area (Å²) in [6.45, 7) is 2.28. The molecule has 3 heterocycles. The summed E-state index contributed by atoms with van der Waals surface area (Å²) in [6.07, 6.45) is 0. The second-order valence-electron chi connectivity index (χ2n) is 4.96. The van der Waals surface area contributed by atoms with Crippen molar-refractivity contribution in [2.45, 2.75) is 13.0 Å². The van der Waals surface area contributed by atoms with Gasteiger partial charge in [-0.05, 0) is 19.1 Å². The summed E-state index contributed by atoms with van der Waals surface area (Å²) in [5.74, 6) is 5.91. The van der Waals surface area contributed by atoms with E-state index in [4.69, 9.17) is 0 Å². The van der Waals surface area contributed by atoms with Gasteiger partial charge in [0, 0.05) is 7.05 Å². The lowest BCUT2D eigenvalue weighted by Gasteiger charge is -2.14. The van der Waals surface area contributed by atoms with Crippen LogP contribution in [0.4, 0.5) is 9.93 Å².